The maximum atomic E-state index is 11.7. The molecule has 0 spiro atoms. The first-order valence-electron chi connectivity index (χ1n) is 3.09. The summed E-state index contributed by atoms with van der Waals surface area (Å²) in [6.07, 6.45) is 0. The second kappa shape index (κ2) is 3.71. The molecule has 0 fully saturated rings. The Labute approximate surface area is 76.4 Å². The number of rotatable bonds is 2. The zero-order valence-corrected chi connectivity index (χ0v) is 7.51. The summed E-state index contributed by atoms with van der Waals surface area (Å²) >= 11 is 3.11. The molecule has 0 saturated heterocycles. The second-order valence-corrected chi connectivity index (χ2v) is 2.98. The summed E-state index contributed by atoms with van der Waals surface area (Å²) in [5.41, 5.74) is 5.55. The van der Waals surface area contributed by atoms with Crippen LogP contribution < -0.4 is 10.5 Å². The van der Waals surface area contributed by atoms with Crippen LogP contribution in [0.2, 0.25) is 0 Å². The summed E-state index contributed by atoms with van der Waals surface area (Å²) in [6, 6.07) is 4.52. The monoisotopic (exact) mass is 237 g/mol. The highest BCUT2D eigenvalue weighted by molar-refractivity contribution is 9.10. The van der Waals surface area contributed by atoms with Gasteiger partial charge in [0.25, 0.3) is 0 Å². The number of anilines is 1. The lowest BCUT2D eigenvalue weighted by Gasteiger charge is -2.06. The molecule has 1 aromatic carbocycles. The molecule has 0 aliphatic rings. The number of nitrogens with two attached hydrogens (primary N) is 1. The predicted molar refractivity (Wildman–Crippen MR) is 45.2 cm³/mol. The standard InChI is InChI=1S/C7H6BrF2NO/c8-4-1-2-5(11)6(3-4)12-7(9)10/h1-3,7H,11H2. The van der Waals surface area contributed by atoms with Crippen LogP contribution in [-0.2, 0) is 0 Å². The summed E-state index contributed by atoms with van der Waals surface area (Å²) in [5.74, 6) is -0.0145. The van der Waals surface area contributed by atoms with E-state index in [4.69, 9.17) is 5.73 Å². The molecule has 0 radical (unpaired) electrons. The van der Waals surface area contributed by atoms with Crippen LogP contribution in [0.1, 0.15) is 0 Å². The molecule has 0 amide bonds. The lowest BCUT2D eigenvalue weighted by molar-refractivity contribution is -0.0493. The average Bonchev–Trinajstić information content (AvgIpc) is 1.96. The number of ether oxygens (including phenoxy) is 1. The molecule has 66 valence electrons. The van der Waals surface area contributed by atoms with E-state index in [1.165, 1.54) is 12.1 Å². The van der Waals surface area contributed by atoms with Crippen molar-refractivity contribution in [2.45, 2.75) is 6.61 Å². The highest BCUT2D eigenvalue weighted by atomic mass is 79.9. The number of hydrogen-bond acceptors (Lipinski definition) is 2. The van der Waals surface area contributed by atoms with Gasteiger partial charge in [-0.1, -0.05) is 15.9 Å². The summed E-state index contributed by atoms with van der Waals surface area (Å²) in [7, 11) is 0. The van der Waals surface area contributed by atoms with Crippen LogP contribution >= 0.6 is 15.9 Å². The number of benzene rings is 1. The van der Waals surface area contributed by atoms with E-state index in [0.29, 0.717) is 4.47 Å². The number of nitrogen functional groups attached to an aromatic ring is 1. The molecular weight excluding hydrogens is 232 g/mol. The van der Waals surface area contributed by atoms with Crippen molar-refractivity contribution in [1.29, 1.82) is 0 Å². The van der Waals surface area contributed by atoms with Crippen LogP contribution in [0.3, 0.4) is 0 Å². The van der Waals surface area contributed by atoms with E-state index < -0.39 is 6.61 Å². The van der Waals surface area contributed by atoms with E-state index in [2.05, 4.69) is 20.7 Å². The summed E-state index contributed by atoms with van der Waals surface area (Å²) in [5, 5.41) is 0. The van der Waals surface area contributed by atoms with Gasteiger partial charge in [-0.15, -0.1) is 0 Å². The van der Waals surface area contributed by atoms with E-state index in [1.807, 2.05) is 0 Å². The molecule has 1 rings (SSSR count). The van der Waals surface area contributed by atoms with Gasteiger partial charge in [-0.3, -0.25) is 0 Å². The van der Waals surface area contributed by atoms with Gasteiger partial charge >= 0.3 is 6.61 Å². The first kappa shape index (κ1) is 9.25. The van der Waals surface area contributed by atoms with E-state index >= 15 is 0 Å². The van der Waals surface area contributed by atoms with Crippen molar-refractivity contribution in [2.24, 2.45) is 0 Å². The Hall–Kier alpha value is -0.840. The summed E-state index contributed by atoms with van der Waals surface area (Å²) in [6.45, 7) is -2.85. The highest BCUT2D eigenvalue weighted by Gasteiger charge is 2.07. The number of alkyl halides is 2. The van der Waals surface area contributed by atoms with E-state index in [1.54, 1.807) is 6.07 Å². The zero-order chi connectivity index (χ0) is 9.14. The first-order chi connectivity index (χ1) is 5.59. The lowest BCUT2D eigenvalue weighted by Crippen LogP contribution is -2.04. The van der Waals surface area contributed by atoms with Crippen LogP contribution in [0.15, 0.2) is 22.7 Å². The molecule has 1 aromatic rings. The second-order valence-electron chi connectivity index (χ2n) is 2.06. The minimum atomic E-state index is -2.85. The summed E-state index contributed by atoms with van der Waals surface area (Å²) in [4.78, 5) is 0. The van der Waals surface area contributed by atoms with Gasteiger partial charge < -0.3 is 10.5 Å². The maximum Gasteiger partial charge on any atom is 0.387 e. The Morgan fingerprint density at radius 2 is 2.08 bits per heavy atom. The Bertz CT molecular complexity index is 280. The fraction of sp³-hybridized carbons (Fsp3) is 0.143. The van der Waals surface area contributed by atoms with Gasteiger partial charge in [0.1, 0.15) is 5.75 Å². The molecule has 0 unspecified atom stereocenters. The van der Waals surface area contributed by atoms with Crippen LogP contribution in [0.25, 0.3) is 0 Å². The van der Waals surface area contributed by atoms with Crippen molar-refractivity contribution < 1.29 is 13.5 Å². The van der Waals surface area contributed by atoms with E-state index in [-0.39, 0.29) is 11.4 Å². The molecule has 0 aliphatic carbocycles. The largest absolute Gasteiger partial charge is 0.433 e. The molecule has 2 nitrogen and oxygen atoms in total. The van der Waals surface area contributed by atoms with Gasteiger partial charge in [-0.05, 0) is 18.2 Å². The van der Waals surface area contributed by atoms with Crippen molar-refractivity contribution in [1.82, 2.24) is 0 Å². The molecule has 12 heavy (non-hydrogen) atoms. The van der Waals surface area contributed by atoms with E-state index in [0.717, 1.165) is 0 Å². The normalized spacial score (nSPS) is 10.3. The van der Waals surface area contributed by atoms with Gasteiger partial charge in [0.2, 0.25) is 0 Å². The molecule has 0 atom stereocenters. The Balaban J connectivity index is 2.90. The van der Waals surface area contributed by atoms with Crippen molar-refractivity contribution in [3.05, 3.63) is 22.7 Å². The van der Waals surface area contributed by atoms with Gasteiger partial charge in [0, 0.05) is 4.47 Å². The molecule has 0 aliphatic heterocycles. The van der Waals surface area contributed by atoms with E-state index in [9.17, 15) is 8.78 Å². The summed E-state index contributed by atoms with van der Waals surface area (Å²) < 4.78 is 28.3. The maximum absolute atomic E-state index is 11.7. The van der Waals surface area contributed by atoms with Gasteiger partial charge in [0.15, 0.2) is 0 Å². The Morgan fingerprint density at radius 3 is 2.67 bits per heavy atom. The minimum absolute atomic E-state index is 0.0145. The average molecular weight is 238 g/mol. The fourth-order valence-corrected chi connectivity index (χ4v) is 1.05. The van der Waals surface area contributed by atoms with Crippen molar-refractivity contribution in [2.75, 3.05) is 5.73 Å². The molecule has 5 heteroatoms. The van der Waals surface area contributed by atoms with Gasteiger partial charge in [-0.2, -0.15) is 8.78 Å². The van der Waals surface area contributed by atoms with Crippen LogP contribution in [-0.4, -0.2) is 6.61 Å². The fourth-order valence-electron chi connectivity index (χ4n) is 0.706. The smallest absolute Gasteiger partial charge is 0.387 e. The molecule has 2 N–H and O–H groups in total. The lowest BCUT2D eigenvalue weighted by atomic mass is 10.3. The quantitative estimate of drug-likeness (QED) is 0.803. The molecule has 0 bridgehead atoms. The number of halogens is 3. The van der Waals surface area contributed by atoms with Crippen LogP contribution in [0.5, 0.6) is 5.75 Å². The third kappa shape index (κ3) is 2.34. The first-order valence-corrected chi connectivity index (χ1v) is 3.88. The van der Waals surface area contributed by atoms with Gasteiger partial charge in [-0.25, -0.2) is 0 Å². The molecule has 0 heterocycles. The van der Waals surface area contributed by atoms with Crippen molar-refractivity contribution >= 4 is 21.6 Å². The van der Waals surface area contributed by atoms with Crippen LogP contribution in [0, 0.1) is 0 Å². The topological polar surface area (TPSA) is 35.2 Å². The molecular formula is C7H6BrF2NO. The molecule has 0 saturated carbocycles. The van der Waals surface area contributed by atoms with Crippen molar-refractivity contribution in [3.8, 4) is 5.75 Å². The minimum Gasteiger partial charge on any atom is -0.433 e. The third-order valence-corrected chi connectivity index (χ3v) is 1.68. The van der Waals surface area contributed by atoms with Crippen LogP contribution in [0.4, 0.5) is 14.5 Å². The highest BCUT2D eigenvalue weighted by Crippen LogP contribution is 2.26. The molecule has 0 aromatic heterocycles. The Morgan fingerprint density at radius 1 is 1.42 bits per heavy atom. The Kier molecular flexibility index (Phi) is 2.86. The number of hydrogen-bond donors (Lipinski definition) is 1. The van der Waals surface area contributed by atoms with Gasteiger partial charge in [0.05, 0.1) is 5.69 Å². The van der Waals surface area contributed by atoms with Crippen molar-refractivity contribution in [3.63, 3.8) is 0 Å². The third-order valence-electron chi connectivity index (χ3n) is 1.19. The SMILES string of the molecule is Nc1ccc(Br)cc1OC(F)F. The predicted octanol–water partition coefficient (Wildman–Crippen LogP) is 2.63. The zero-order valence-electron chi connectivity index (χ0n) is 5.93.